The van der Waals surface area contributed by atoms with Crippen LogP contribution in [0.1, 0.15) is 0 Å². The molecule has 0 aliphatic carbocycles. The normalized spacial score (nSPS) is 14.0. The van der Waals surface area contributed by atoms with Gasteiger partial charge in [-0.05, 0) is 22.9 Å². The highest BCUT2D eigenvalue weighted by molar-refractivity contribution is 5.98. The second kappa shape index (κ2) is 8.26. The van der Waals surface area contributed by atoms with E-state index in [1.807, 2.05) is 30.5 Å². The number of rotatable bonds is 4. The maximum absolute atomic E-state index is 11.9. The first kappa shape index (κ1) is 19.9. The van der Waals surface area contributed by atoms with E-state index >= 15 is 0 Å². The SMILES string of the molecule is C=CC(=O)N1CCN(c2nc(OC)nc3cc(-c4cccc5ccccc45)ncc23)CC1. The van der Waals surface area contributed by atoms with Crippen LogP contribution in [0.25, 0.3) is 32.9 Å². The first-order valence-electron chi connectivity index (χ1n) is 10.5. The first-order chi connectivity index (χ1) is 15.7. The van der Waals surface area contributed by atoms with Gasteiger partial charge in [-0.1, -0.05) is 49.0 Å². The number of pyridine rings is 1. The minimum absolute atomic E-state index is 0.0452. The first-order valence-corrected chi connectivity index (χ1v) is 10.5. The van der Waals surface area contributed by atoms with Crippen molar-refractivity contribution in [1.29, 1.82) is 0 Å². The maximum Gasteiger partial charge on any atom is 0.318 e. The Labute approximate surface area is 186 Å². The van der Waals surface area contributed by atoms with Crippen LogP contribution in [0.3, 0.4) is 0 Å². The van der Waals surface area contributed by atoms with Crippen LogP contribution in [0.15, 0.2) is 67.4 Å². The van der Waals surface area contributed by atoms with Crippen LogP contribution in [0.5, 0.6) is 6.01 Å². The molecule has 160 valence electrons. The maximum atomic E-state index is 11.9. The van der Waals surface area contributed by atoms with Crippen LogP contribution >= 0.6 is 0 Å². The molecule has 0 bridgehead atoms. The Hall–Kier alpha value is -4.00. The third kappa shape index (κ3) is 3.51. The molecule has 1 fully saturated rings. The number of nitrogens with zero attached hydrogens (tertiary/aromatic N) is 5. The van der Waals surface area contributed by atoms with Crippen LogP contribution < -0.4 is 9.64 Å². The molecule has 4 aromatic rings. The molecule has 0 spiro atoms. The second-order valence-corrected chi connectivity index (χ2v) is 7.66. The van der Waals surface area contributed by atoms with Gasteiger partial charge in [-0.2, -0.15) is 9.97 Å². The van der Waals surface area contributed by atoms with Crippen molar-refractivity contribution in [3.63, 3.8) is 0 Å². The molecule has 7 nitrogen and oxygen atoms in total. The highest BCUT2D eigenvalue weighted by Crippen LogP contribution is 2.32. The highest BCUT2D eigenvalue weighted by Gasteiger charge is 2.23. The Kier molecular flexibility index (Phi) is 5.15. The number of hydrogen-bond donors (Lipinski definition) is 0. The van der Waals surface area contributed by atoms with Gasteiger partial charge in [0.15, 0.2) is 0 Å². The molecule has 1 aliphatic heterocycles. The molecule has 0 N–H and O–H groups in total. The average molecular weight is 425 g/mol. The van der Waals surface area contributed by atoms with Crippen LogP contribution in [-0.2, 0) is 4.79 Å². The molecule has 3 heterocycles. The van der Waals surface area contributed by atoms with Gasteiger partial charge < -0.3 is 14.5 Å². The third-order valence-corrected chi connectivity index (χ3v) is 5.85. The summed E-state index contributed by atoms with van der Waals surface area (Å²) in [5.41, 5.74) is 2.68. The number of anilines is 1. The van der Waals surface area contributed by atoms with Gasteiger partial charge in [0.2, 0.25) is 5.91 Å². The van der Waals surface area contributed by atoms with Crippen molar-refractivity contribution in [2.75, 3.05) is 38.2 Å². The van der Waals surface area contributed by atoms with Gasteiger partial charge in [-0.15, -0.1) is 0 Å². The smallest absolute Gasteiger partial charge is 0.318 e. The van der Waals surface area contributed by atoms with Gasteiger partial charge in [0.25, 0.3) is 0 Å². The summed E-state index contributed by atoms with van der Waals surface area (Å²) in [5.74, 6) is 0.727. The van der Waals surface area contributed by atoms with Crippen molar-refractivity contribution in [1.82, 2.24) is 19.9 Å². The zero-order valence-electron chi connectivity index (χ0n) is 17.9. The molecule has 0 saturated carbocycles. The minimum atomic E-state index is -0.0452. The van der Waals surface area contributed by atoms with E-state index in [4.69, 9.17) is 9.72 Å². The Morgan fingerprint density at radius 2 is 1.81 bits per heavy atom. The molecule has 1 amide bonds. The number of carbonyl (C=O) groups excluding carboxylic acids is 1. The monoisotopic (exact) mass is 425 g/mol. The Bertz CT molecular complexity index is 1320. The molecule has 0 atom stereocenters. The van der Waals surface area contributed by atoms with Crippen LogP contribution in [0, 0.1) is 0 Å². The molecular weight excluding hydrogens is 402 g/mol. The summed E-state index contributed by atoms with van der Waals surface area (Å²) < 4.78 is 5.40. The number of hydrogen-bond acceptors (Lipinski definition) is 6. The van der Waals surface area contributed by atoms with E-state index in [1.165, 1.54) is 11.5 Å². The summed E-state index contributed by atoms with van der Waals surface area (Å²) in [6.07, 6.45) is 3.19. The number of amides is 1. The molecule has 2 aromatic carbocycles. The minimum Gasteiger partial charge on any atom is -0.467 e. The Balaban J connectivity index is 1.56. The van der Waals surface area contributed by atoms with E-state index in [9.17, 15) is 4.79 Å². The van der Waals surface area contributed by atoms with Crippen molar-refractivity contribution in [2.24, 2.45) is 0 Å². The fraction of sp³-hybridized carbons (Fsp3) is 0.200. The lowest BCUT2D eigenvalue weighted by molar-refractivity contribution is -0.126. The number of carbonyl (C=O) groups is 1. The summed E-state index contributed by atoms with van der Waals surface area (Å²) in [7, 11) is 1.57. The lowest BCUT2D eigenvalue weighted by Crippen LogP contribution is -2.48. The zero-order chi connectivity index (χ0) is 22.1. The predicted octanol–water partition coefficient (Wildman–Crippen LogP) is 3.69. The molecule has 1 aliphatic rings. The van der Waals surface area contributed by atoms with E-state index in [0.29, 0.717) is 32.2 Å². The standard InChI is InChI=1S/C25H23N5O2/c1-3-23(31)29-11-13-30(14-12-29)24-20-16-26-21(15-22(20)27-25(28-24)32-2)19-10-6-8-17-7-4-5-9-18(17)19/h3-10,15-16H,1,11-14H2,2H3. The number of benzene rings is 2. The van der Waals surface area contributed by atoms with Gasteiger partial charge in [0.1, 0.15) is 5.82 Å². The van der Waals surface area contributed by atoms with Gasteiger partial charge in [0, 0.05) is 37.9 Å². The van der Waals surface area contributed by atoms with Crippen molar-refractivity contribution in [3.8, 4) is 17.3 Å². The molecule has 7 heteroatoms. The second-order valence-electron chi connectivity index (χ2n) is 7.66. The molecular formula is C25H23N5O2. The van der Waals surface area contributed by atoms with Gasteiger partial charge in [-0.25, -0.2) is 0 Å². The number of methoxy groups -OCH3 is 1. The van der Waals surface area contributed by atoms with Crippen molar-refractivity contribution >= 4 is 33.4 Å². The fourth-order valence-electron chi connectivity index (χ4n) is 4.18. The molecule has 0 unspecified atom stereocenters. The number of aromatic nitrogens is 3. The van der Waals surface area contributed by atoms with E-state index < -0.39 is 0 Å². The molecule has 0 radical (unpaired) electrons. The lowest BCUT2D eigenvalue weighted by atomic mass is 10.0. The van der Waals surface area contributed by atoms with Crippen LogP contribution in [0.2, 0.25) is 0 Å². The number of ether oxygens (including phenoxy) is 1. The topological polar surface area (TPSA) is 71.5 Å². The van der Waals surface area contributed by atoms with Crippen LogP contribution in [-0.4, -0.2) is 59.0 Å². The summed E-state index contributed by atoms with van der Waals surface area (Å²) in [6.45, 7) is 6.13. The zero-order valence-corrected chi connectivity index (χ0v) is 17.9. The van der Waals surface area contributed by atoms with Gasteiger partial charge in [-0.3, -0.25) is 9.78 Å². The Morgan fingerprint density at radius 1 is 1.03 bits per heavy atom. The predicted molar refractivity (Wildman–Crippen MR) is 126 cm³/mol. The lowest BCUT2D eigenvalue weighted by Gasteiger charge is -2.35. The molecule has 32 heavy (non-hydrogen) atoms. The molecule has 5 rings (SSSR count). The average Bonchev–Trinajstić information content (AvgIpc) is 2.87. The van der Waals surface area contributed by atoms with Crippen molar-refractivity contribution in [2.45, 2.75) is 0 Å². The number of piperazine rings is 1. The van der Waals surface area contributed by atoms with E-state index in [-0.39, 0.29) is 5.91 Å². The van der Waals surface area contributed by atoms with E-state index in [2.05, 4.69) is 45.7 Å². The van der Waals surface area contributed by atoms with E-state index in [1.54, 1.807) is 12.0 Å². The van der Waals surface area contributed by atoms with Crippen LogP contribution in [0.4, 0.5) is 5.82 Å². The third-order valence-electron chi connectivity index (χ3n) is 5.85. The largest absolute Gasteiger partial charge is 0.467 e. The van der Waals surface area contributed by atoms with Gasteiger partial charge >= 0.3 is 6.01 Å². The Morgan fingerprint density at radius 3 is 2.59 bits per heavy atom. The molecule has 2 aromatic heterocycles. The summed E-state index contributed by atoms with van der Waals surface area (Å²) in [4.78, 5) is 29.8. The summed E-state index contributed by atoms with van der Waals surface area (Å²) in [5, 5.41) is 3.17. The van der Waals surface area contributed by atoms with Crippen molar-refractivity contribution in [3.05, 3.63) is 67.4 Å². The number of fused-ring (bicyclic) bond motifs is 2. The van der Waals surface area contributed by atoms with Crippen molar-refractivity contribution < 1.29 is 9.53 Å². The molecule has 1 saturated heterocycles. The van der Waals surface area contributed by atoms with E-state index in [0.717, 1.165) is 33.4 Å². The quantitative estimate of drug-likeness (QED) is 0.465. The summed E-state index contributed by atoms with van der Waals surface area (Å²) >= 11 is 0. The fourth-order valence-corrected chi connectivity index (χ4v) is 4.18. The van der Waals surface area contributed by atoms with Gasteiger partial charge in [0.05, 0.1) is 23.7 Å². The highest BCUT2D eigenvalue weighted by atomic mass is 16.5. The summed E-state index contributed by atoms with van der Waals surface area (Å²) in [6, 6.07) is 16.8.